The lowest BCUT2D eigenvalue weighted by Crippen LogP contribution is -2.20. The van der Waals surface area contributed by atoms with Crippen LogP contribution in [0.3, 0.4) is 0 Å². The number of halogens is 1. The monoisotopic (exact) mass is 375 g/mol. The molecule has 2 aromatic heterocycles. The molecule has 1 aliphatic rings. The van der Waals surface area contributed by atoms with Gasteiger partial charge in [0.15, 0.2) is 5.16 Å². The van der Waals surface area contributed by atoms with E-state index in [4.69, 9.17) is 4.74 Å². The van der Waals surface area contributed by atoms with Gasteiger partial charge < -0.3 is 14.6 Å². The summed E-state index contributed by atoms with van der Waals surface area (Å²) in [5.41, 5.74) is 3.03. The van der Waals surface area contributed by atoms with Crippen molar-refractivity contribution >= 4 is 35.5 Å². The molecule has 6 nitrogen and oxygen atoms in total. The van der Waals surface area contributed by atoms with Crippen molar-refractivity contribution in [1.29, 1.82) is 0 Å². The Kier molecular flexibility index (Phi) is 7.29. The first-order chi connectivity index (χ1) is 10.8. The van der Waals surface area contributed by atoms with E-state index in [-0.39, 0.29) is 18.5 Å². The highest BCUT2D eigenvalue weighted by Crippen LogP contribution is 2.25. The summed E-state index contributed by atoms with van der Waals surface area (Å²) in [6.45, 7) is 4.53. The highest BCUT2D eigenvalue weighted by molar-refractivity contribution is 7.98. The maximum atomic E-state index is 5.77. The second-order valence-corrected chi connectivity index (χ2v) is 7.32. The number of nitrogens with zero attached hydrogens (tertiary/aromatic N) is 4. The number of hydrogen-bond donors (Lipinski definition) is 1. The average Bonchev–Trinajstić information content (AvgIpc) is 3.22. The fourth-order valence-electron chi connectivity index (χ4n) is 2.49. The van der Waals surface area contributed by atoms with E-state index >= 15 is 0 Å². The van der Waals surface area contributed by atoms with Gasteiger partial charge in [0.1, 0.15) is 5.82 Å². The maximum absolute atomic E-state index is 5.77. The number of rotatable bonds is 7. The third-order valence-corrected chi connectivity index (χ3v) is 5.50. The second-order valence-electron chi connectivity index (χ2n) is 5.32. The molecular formula is C14H22ClN5OS2. The fourth-order valence-corrected chi connectivity index (χ4v) is 4.17. The first-order valence-corrected chi connectivity index (χ1v) is 9.34. The van der Waals surface area contributed by atoms with Gasteiger partial charge in [0.25, 0.3) is 0 Å². The second kappa shape index (κ2) is 8.98. The lowest BCUT2D eigenvalue weighted by molar-refractivity contribution is 0.0941. The van der Waals surface area contributed by atoms with Gasteiger partial charge in [0.05, 0.1) is 30.4 Å². The zero-order chi connectivity index (χ0) is 15.4. The molecule has 0 radical (unpaired) electrons. The van der Waals surface area contributed by atoms with Crippen molar-refractivity contribution in [3.63, 3.8) is 0 Å². The Morgan fingerprint density at radius 3 is 3.00 bits per heavy atom. The van der Waals surface area contributed by atoms with Crippen molar-refractivity contribution in [2.45, 2.75) is 49.9 Å². The van der Waals surface area contributed by atoms with Crippen LogP contribution in [0.5, 0.6) is 0 Å². The molecule has 1 N–H and O–H groups in total. The summed E-state index contributed by atoms with van der Waals surface area (Å²) in [5.74, 6) is 1.80. The normalized spacial score (nSPS) is 17.4. The van der Waals surface area contributed by atoms with Crippen LogP contribution in [-0.2, 0) is 23.6 Å². The minimum atomic E-state index is 0. The summed E-state index contributed by atoms with van der Waals surface area (Å²) in [5, 5.41) is 12.8. The minimum absolute atomic E-state index is 0. The molecule has 9 heteroatoms. The molecule has 0 amide bonds. The first-order valence-electron chi connectivity index (χ1n) is 7.48. The quantitative estimate of drug-likeness (QED) is 0.750. The summed E-state index contributed by atoms with van der Waals surface area (Å²) >= 11 is 3.39. The predicted octanol–water partition coefficient (Wildman–Crippen LogP) is 2.66. The van der Waals surface area contributed by atoms with Crippen LogP contribution in [0.4, 0.5) is 0 Å². The Morgan fingerprint density at radius 2 is 2.35 bits per heavy atom. The van der Waals surface area contributed by atoms with E-state index in [1.54, 1.807) is 23.1 Å². The van der Waals surface area contributed by atoms with Crippen molar-refractivity contribution in [3.8, 4) is 0 Å². The molecule has 1 fully saturated rings. The van der Waals surface area contributed by atoms with E-state index < -0.39 is 0 Å². The van der Waals surface area contributed by atoms with Crippen LogP contribution in [0.25, 0.3) is 0 Å². The predicted molar refractivity (Wildman–Crippen MR) is 95.4 cm³/mol. The van der Waals surface area contributed by atoms with Crippen LogP contribution in [0.15, 0.2) is 10.7 Å². The molecule has 23 heavy (non-hydrogen) atoms. The number of aromatic nitrogens is 4. The summed E-state index contributed by atoms with van der Waals surface area (Å²) in [4.78, 5) is 5.68. The zero-order valence-corrected chi connectivity index (χ0v) is 15.8. The van der Waals surface area contributed by atoms with E-state index in [0.29, 0.717) is 0 Å². The third-order valence-electron chi connectivity index (χ3n) is 3.72. The Labute approximate surface area is 150 Å². The number of nitrogens with one attached hydrogen (secondary N) is 1. The standard InChI is InChI=1S/C14H21N5OS2.ClH/c1-10-12(16-9-22-10)8-21-14-18-17-13(6-15-2)19(14)7-11-4-3-5-20-11;/h9,11,15H,3-8H2,1-2H3;1H. The molecule has 1 unspecified atom stereocenters. The lowest BCUT2D eigenvalue weighted by atomic mass is 10.2. The van der Waals surface area contributed by atoms with Gasteiger partial charge in [-0.25, -0.2) is 4.98 Å². The van der Waals surface area contributed by atoms with Gasteiger partial charge >= 0.3 is 0 Å². The molecule has 128 valence electrons. The van der Waals surface area contributed by atoms with Crippen LogP contribution in [0.2, 0.25) is 0 Å². The van der Waals surface area contributed by atoms with Crippen LogP contribution in [0.1, 0.15) is 29.2 Å². The summed E-state index contributed by atoms with van der Waals surface area (Å²) in [6, 6.07) is 0. The molecule has 3 heterocycles. The minimum Gasteiger partial charge on any atom is -0.376 e. The zero-order valence-electron chi connectivity index (χ0n) is 13.3. The third kappa shape index (κ3) is 4.67. The highest BCUT2D eigenvalue weighted by atomic mass is 35.5. The van der Waals surface area contributed by atoms with Gasteiger partial charge in [-0.05, 0) is 26.8 Å². The van der Waals surface area contributed by atoms with Crippen LogP contribution in [0, 0.1) is 6.92 Å². The molecule has 2 aromatic rings. The molecule has 0 aromatic carbocycles. The van der Waals surface area contributed by atoms with Crippen molar-refractivity contribution < 1.29 is 4.74 Å². The maximum Gasteiger partial charge on any atom is 0.191 e. The molecule has 0 spiro atoms. The smallest absolute Gasteiger partial charge is 0.191 e. The average molecular weight is 376 g/mol. The number of thioether (sulfide) groups is 1. The molecule has 3 rings (SSSR count). The Morgan fingerprint density at radius 1 is 1.48 bits per heavy atom. The Hall–Kier alpha value is -0.670. The van der Waals surface area contributed by atoms with Gasteiger partial charge in [0.2, 0.25) is 0 Å². The van der Waals surface area contributed by atoms with Crippen molar-refractivity contribution in [1.82, 2.24) is 25.1 Å². The topological polar surface area (TPSA) is 64.9 Å². The van der Waals surface area contributed by atoms with Crippen LogP contribution in [-0.4, -0.2) is 39.5 Å². The number of aryl methyl sites for hydroxylation is 1. The van der Waals surface area contributed by atoms with Gasteiger partial charge in [-0.3, -0.25) is 0 Å². The Balaban J connectivity index is 0.00000192. The molecule has 0 bridgehead atoms. The molecule has 0 saturated carbocycles. The molecular weight excluding hydrogens is 354 g/mol. The van der Waals surface area contributed by atoms with Crippen molar-refractivity contribution in [3.05, 3.63) is 21.9 Å². The number of ether oxygens (including phenoxy) is 1. The fraction of sp³-hybridized carbons (Fsp3) is 0.643. The van der Waals surface area contributed by atoms with E-state index in [2.05, 4.69) is 32.0 Å². The van der Waals surface area contributed by atoms with Crippen molar-refractivity contribution in [2.24, 2.45) is 0 Å². The molecule has 1 saturated heterocycles. The van der Waals surface area contributed by atoms with Gasteiger partial charge in [-0.15, -0.1) is 33.9 Å². The van der Waals surface area contributed by atoms with E-state index in [1.165, 1.54) is 4.88 Å². The first kappa shape index (κ1) is 18.7. The van der Waals surface area contributed by atoms with E-state index in [9.17, 15) is 0 Å². The van der Waals surface area contributed by atoms with Crippen molar-refractivity contribution in [2.75, 3.05) is 13.7 Å². The van der Waals surface area contributed by atoms with Crippen LogP contribution >= 0.6 is 35.5 Å². The lowest BCUT2D eigenvalue weighted by Gasteiger charge is -2.14. The molecule has 1 aliphatic heterocycles. The summed E-state index contributed by atoms with van der Waals surface area (Å²) in [6.07, 6.45) is 2.55. The Bertz CT molecular complexity index is 612. The molecule has 1 atom stereocenters. The number of thiazole rings is 1. The summed E-state index contributed by atoms with van der Waals surface area (Å²) in [7, 11) is 1.93. The summed E-state index contributed by atoms with van der Waals surface area (Å²) < 4.78 is 7.96. The SMILES string of the molecule is CNCc1nnc(SCc2ncsc2C)n1CC1CCCO1.Cl. The van der Waals surface area contributed by atoms with Gasteiger partial charge in [0, 0.05) is 17.2 Å². The van der Waals surface area contributed by atoms with Gasteiger partial charge in [-0.2, -0.15) is 0 Å². The van der Waals surface area contributed by atoms with E-state index in [1.807, 2.05) is 12.6 Å². The highest BCUT2D eigenvalue weighted by Gasteiger charge is 2.21. The molecule has 0 aliphatic carbocycles. The number of hydrogen-bond acceptors (Lipinski definition) is 7. The van der Waals surface area contributed by atoms with E-state index in [0.717, 1.165) is 55.0 Å². The largest absolute Gasteiger partial charge is 0.376 e. The van der Waals surface area contributed by atoms with Gasteiger partial charge in [-0.1, -0.05) is 11.8 Å². The van der Waals surface area contributed by atoms with Crippen LogP contribution < -0.4 is 5.32 Å².